The van der Waals surface area contributed by atoms with Gasteiger partial charge >= 0.3 is 0 Å². The van der Waals surface area contributed by atoms with Gasteiger partial charge in [-0.2, -0.15) is 0 Å². The Morgan fingerprint density at radius 1 is 1.12 bits per heavy atom. The molecular formula is C20H19IN2OS2. The zero-order chi connectivity index (χ0) is 18.3. The third kappa shape index (κ3) is 3.30. The third-order valence-corrected chi connectivity index (χ3v) is 7.65. The highest BCUT2D eigenvalue weighted by molar-refractivity contribution is 14.1. The Hall–Kier alpha value is -1.38. The molecule has 0 saturated carbocycles. The molecule has 0 radical (unpaired) electrons. The summed E-state index contributed by atoms with van der Waals surface area (Å²) in [6.07, 6.45) is 0. The van der Waals surface area contributed by atoms with Crippen LogP contribution < -0.4 is 14.7 Å². The first-order valence-corrected chi connectivity index (χ1v) is 11.7. The second kappa shape index (κ2) is 6.98. The Bertz CT molecular complexity index is 1020. The molecular weight excluding hydrogens is 475 g/mol. The predicted molar refractivity (Wildman–Crippen MR) is 120 cm³/mol. The Morgan fingerprint density at radius 2 is 1.88 bits per heavy atom. The minimum atomic E-state index is -0.115. The maximum atomic E-state index is 5.73. The molecule has 3 aromatic rings. The van der Waals surface area contributed by atoms with Crippen molar-refractivity contribution in [1.29, 1.82) is 0 Å². The van der Waals surface area contributed by atoms with Crippen LogP contribution >= 0.6 is 43.3 Å². The number of nitrogens with zero attached hydrogens (tertiary/aromatic N) is 1. The average molecular weight is 494 g/mol. The maximum absolute atomic E-state index is 5.73. The summed E-state index contributed by atoms with van der Waals surface area (Å²) < 4.78 is 8.02. The van der Waals surface area contributed by atoms with Crippen LogP contribution in [-0.2, 0) is 5.54 Å². The molecule has 1 N–H and O–H groups in total. The summed E-state index contributed by atoms with van der Waals surface area (Å²) in [6, 6.07) is 14.6. The lowest BCUT2D eigenvalue weighted by Crippen LogP contribution is -2.31. The minimum absolute atomic E-state index is 0.115. The van der Waals surface area contributed by atoms with E-state index < -0.39 is 0 Å². The lowest BCUT2D eigenvalue weighted by molar-refractivity contribution is 0.340. The summed E-state index contributed by atoms with van der Waals surface area (Å²) in [4.78, 5) is 6.28. The van der Waals surface area contributed by atoms with Gasteiger partial charge in [-0.05, 0) is 85.8 Å². The molecule has 0 unspecified atom stereocenters. The predicted octanol–water partition coefficient (Wildman–Crippen LogP) is 6.37. The minimum Gasteiger partial charge on any atom is -0.494 e. The summed E-state index contributed by atoms with van der Waals surface area (Å²) in [6.45, 7) is 7.12. The van der Waals surface area contributed by atoms with Crippen LogP contribution in [0.25, 0.3) is 11.1 Å². The van der Waals surface area contributed by atoms with E-state index in [9.17, 15) is 0 Å². The highest BCUT2D eigenvalue weighted by Gasteiger charge is 2.33. The number of fused-ring (bicyclic) bond motifs is 3. The number of rotatable bonds is 3. The first-order valence-electron chi connectivity index (χ1n) is 8.47. The molecule has 0 amide bonds. The van der Waals surface area contributed by atoms with E-state index in [1.165, 1.54) is 19.6 Å². The number of ether oxygens (including phenoxy) is 1. The Balaban J connectivity index is 1.93. The van der Waals surface area contributed by atoms with E-state index in [0.717, 1.165) is 21.8 Å². The smallest absolute Gasteiger partial charge is 0.135 e. The fraction of sp³-hybridized carbons (Fsp3) is 0.250. The van der Waals surface area contributed by atoms with Crippen LogP contribution in [0.3, 0.4) is 0 Å². The van der Waals surface area contributed by atoms with Gasteiger partial charge in [-0.25, -0.2) is 4.99 Å². The average Bonchev–Trinajstić information content (AvgIpc) is 3.03. The van der Waals surface area contributed by atoms with Gasteiger partial charge in [0.05, 0.1) is 22.7 Å². The molecule has 4 rings (SSSR count). The Kier molecular flexibility index (Phi) is 4.83. The Labute approximate surface area is 174 Å². The van der Waals surface area contributed by atoms with Crippen LogP contribution in [0.4, 0.5) is 11.4 Å². The molecule has 0 atom stereocenters. The number of hydrogen-bond donors (Lipinski definition) is 1. The quantitative estimate of drug-likeness (QED) is 0.339. The van der Waals surface area contributed by atoms with Gasteiger partial charge in [-0.3, -0.25) is 0 Å². The van der Waals surface area contributed by atoms with Crippen LogP contribution in [0.15, 0.2) is 47.5 Å². The van der Waals surface area contributed by atoms with Gasteiger partial charge < -0.3 is 10.1 Å². The molecule has 0 aliphatic carbocycles. The number of halogens is 1. The molecule has 2 heterocycles. The highest BCUT2D eigenvalue weighted by atomic mass is 127. The second-order valence-corrected chi connectivity index (χ2v) is 10.0. The molecule has 1 aliphatic heterocycles. The van der Waals surface area contributed by atoms with Gasteiger partial charge in [0.2, 0.25) is 0 Å². The van der Waals surface area contributed by atoms with Crippen molar-refractivity contribution in [3.63, 3.8) is 0 Å². The molecule has 134 valence electrons. The van der Waals surface area contributed by atoms with Crippen molar-refractivity contribution in [1.82, 2.24) is 0 Å². The second-order valence-electron chi connectivity index (χ2n) is 6.65. The SMILES string of the molecule is CCOc1ccc2c(c1)-c1c(ssc1=Nc1ccc(I)cc1)C(C)(C)N2. The van der Waals surface area contributed by atoms with Gasteiger partial charge in [0.1, 0.15) is 10.4 Å². The normalized spacial score (nSPS) is 15.2. The fourth-order valence-corrected chi connectivity index (χ4v) is 6.41. The van der Waals surface area contributed by atoms with E-state index in [2.05, 4.69) is 78.2 Å². The van der Waals surface area contributed by atoms with Crippen molar-refractivity contribution < 1.29 is 4.74 Å². The Morgan fingerprint density at radius 3 is 2.62 bits per heavy atom. The van der Waals surface area contributed by atoms with Crippen molar-refractivity contribution in [3.8, 4) is 16.9 Å². The molecule has 6 heteroatoms. The number of anilines is 1. The molecule has 0 spiro atoms. The number of hydrogen-bond acceptors (Lipinski definition) is 5. The van der Waals surface area contributed by atoms with E-state index in [1.807, 2.05) is 23.3 Å². The summed E-state index contributed by atoms with van der Waals surface area (Å²) >= 11 is 2.32. The molecule has 2 aromatic carbocycles. The van der Waals surface area contributed by atoms with Gasteiger partial charge in [0.25, 0.3) is 0 Å². The first-order chi connectivity index (χ1) is 12.5. The molecule has 1 aliphatic rings. The van der Waals surface area contributed by atoms with E-state index in [4.69, 9.17) is 9.73 Å². The van der Waals surface area contributed by atoms with Crippen LogP contribution in [0.2, 0.25) is 0 Å². The van der Waals surface area contributed by atoms with Crippen molar-refractivity contribution in [2.45, 2.75) is 26.3 Å². The lowest BCUT2D eigenvalue weighted by atomic mass is 9.90. The standard InChI is InChI=1S/C20H19IN2OS2/c1-4-24-14-9-10-16-15(11-14)17-18(20(2,3)23-16)25-26-19(17)22-13-7-5-12(21)6-8-13/h5-11,23H,4H2,1-3H3. The van der Waals surface area contributed by atoms with Crippen LogP contribution in [-0.4, -0.2) is 6.61 Å². The van der Waals surface area contributed by atoms with E-state index in [-0.39, 0.29) is 5.54 Å². The van der Waals surface area contributed by atoms with E-state index in [0.29, 0.717) is 6.61 Å². The van der Waals surface area contributed by atoms with Gasteiger partial charge in [-0.15, -0.1) is 0 Å². The van der Waals surface area contributed by atoms with Crippen LogP contribution in [0, 0.1) is 3.57 Å². The zero-order valence-corrected chi connectivity index (χ0v) is 18.6. The van der Waals surface area contributed by atoms with E-state index >= 15 is 0 Å². The first kappa shape index (κ1) is 18.0. The van der Waals surface area contributed by atoms with Gasteiger partial charge in [0.15, 0.2) is 0 Å². The molecule has 3 nitrogen and oxygen atoms in total. The summed E-state index contributed by atoms with van der Waals surface area (Å²) in [7, 11) is 3.55. The summed E-state index contributed by atoms with van der Waals surface area (Å²) in [5, 5.41) is 3.67. The summed E-state index contributed by atoms with van der Waals surface area (Å²) in [5.74, 6) is 0.898. The summed E-state index contributed by atoms with van der Waals surface area (Å²) in [5.41, 5.74) is 4.42. The fourth-order valence-electron chi connectivity index (χ4n) is 3.11. The monoisotopic (exact) mass is 494 g/mol. The number of benzene rings is 2. The van der Waals surface area contributed by atoms with Crippen LogP contribution in [0.1, 0.15) is 25.6 Å². The van der Waals surface area contributed by atoms with Gasteiger partial charge in [-0.1, -0.05) is 20.7 Å². The number of nitrogens with one attached hydrogen (secondary N) is 1. The molecule has 26 heavy (non-hydrogen) atoms. The molecule has 1 aromatic heterocycles. The van der Waals surface area contributed by atoms with Crippen molar-refractivity contribution >= 4 is 54.6 Å². The van der Waals surface area contributed by atoms with Crippen LogP contribution in [0.5, 0.6) is 5.75 Å². The topological polar surface area (TPSA) is 33.6 Å². The highest BCUT2D eigenvalue weighted by Crippen LogP contribution is 2.46. The van der Waals surface area contributed by atoms with Crippen molar-refractivity contribution in [3.05, 3.63) is 55.6 Å². The molecule has 0 bridgehead atoms. The van der Waals surface area contributed by atoms with E-state index in [1.54, 1.807) is 10.3 Å². The maximum Gasteiger partial charge on any atom is 0.135 e. The molecule has 0 fully saturated rings. The largest absolute Gasteiger partial charge is 0.494 e. The molecule has 0 saturated heterocycles. The van der Waals surface area contributed by atoms with Crippen molar-refractivity contribution in [2.75, 3.05) is 11.9 Å². The zero-order valence-electron chi connectivity index (χ0n) is 14.8. The van der Waals surface area contributed by atoms with Gasteiger partial charge in [0, 0.05) is 20.4 Å². The lowest BCUT2D eigenvalue weighted by Gasteiger charge is -2.33. The van der Waals surface area contributed by atoms with Crippen molar-refractivity contribution in [2.24, 2.45) is 4.99 Å². The third-order valence-electron chi connectivity index (χ3n) is 4.29.